The number of halogens is 1. The van der Waals surface area contributed by atoms with E-state index in [4.69, 9.17) is 0 Å². The van der Waals surface area contributed by atoms with Crippen molar-refractivity contribution < 1.29 is 19.1 Å². The molecule has 0 aliphatic heterocycles. The predicted molar refractivity (Wildman–Crippen MR) is 100 cm³/mol. The zero-order valence-electron chi connectivity index (χ0n) is 14.4. The lowest BCUT2D eigenvalue weighted by molar-refractivity contribution is -0.139. The molecule has 0 unspecified atom stereocenters. The van der Waals surface area contributed by atoms with Crippen LogP contribution in [0.5, 0.6) is 0 Å². The summed E-state index contributed by atoms with van der Waals surface area (Å²) in [6.45, 7) is 0. The first-order valence-corrected chi connectivity index (χ1v) is 8.45. The number of benzene rings is 3. The fourth-order valence-corrected chi connectivity index (χ4v) is 3.04. The van der Waals surface area contributed by atoms with Crippen LogP contribution in [0, 0.1) is 5.82 Å². The van der Waals surface area contributed by atoms with Gasteiger partial charge in [0, 0.05) is 11.5 Å². The zero-order valence-corrected chi connectivity index (χ0v) is 14.4. The molecule has 4 nitrogen and oxygen atoms in total. The van der Waals surface area contributed by atoms with E-state index in [9.17, 15) is 19.1 Å². The van der Waals surface area contributed by atoms with Gasteiger partial charge in [-0.1, -0.05) is 66.7 Å². The third kappa shape index (κ3) is 4.39. The van der Waals surface area contributed by atoms with Gasteiger partial charge in [-0.25, -0.2) is 9.18 Å². The average Bonchev–Trinajstić information content (AvgIpc) is 2.69. The summed E-state index contributed by atoms with van der Waals surface area (Å²) in [5, 5.41) is 12.4. The van der Waals surface area contributed by atoms with Crippen LogP contribution in [0.3, 0.4) is 0 Å². The Morgan fingerprint density at radius 1 is 0.815 bits per heavy atom. The lowest BCUT2D eigenvalue weighted by Crippen LogP contribution is -2.45. The van der Waals surface area contributed by atoms with E-state index in [1.807, 2.05) is 60.7 Å². The van der Waals surface area contributed by atoms with Gasteiger partial charge in [-0.05, 0) is 29.3 Å². The van der Waals surface area contributed by atoms with Gasteiger partial charge in [-0.3, -0.25) is 4.79 Å². The van der Waals surface area contributed by atoms with Crippen molar-refractivity contribution in [3.8, 4) is 0 Å². The van der Waals surface area contributed by atoms with Crippen LogP contribution in [0.25, 0.3) is 0 Å². The molecule has 27 heavy (non-hydrogen) atoms. The molecule has 2 N–H and O–H groups in total. The van der Waals surface area contributed by atoms with E-state index in [1.54, 1.807) is 0 Å². The molecule has 5 heteroatoms. The lowest BCUT2D eigenvalue weighted by atomic mass is 9.85. The maximum Gasteiger partial charge on any atom is 0.327 e. The Balaban J connectivity index is 1.99. The second-order valence-corrected chi connectivity index (χ2v) is 6.10. The van der Waals surface area contributed by atoms with E-state index in [2.05, 4.69) is 5.32 Å². The number of aliphatic carboxylic acids is 1. The molecule has 0 saturated heterocycles. The van der Waals surface area contributed by atoms with E-state index < -0.39 is 29.7 Å². The fourth-order valence-electron chi connectivity index (χ4n) is 3.04. The number of hydrogen-bond donors (Lipinski definition) is 2. The van der Waals surface area contributed by atoms with Crippen molar-refractivity contribution >= 4 is 11.9 Å². The number of carboxylic acids is 1. The topological polar surface area (TPSA) is 66.4 Å². The van der Waals surface area contributed by atoms with Crippen molar-refractivity contribution in [2.45, 2.75) is 12.0 Å². The summed E-state index contributed by atoms with van der Waals surface area (Å²) in [6.07, 6.45) is 0. The van der Waals surface area contributed by atoms with E-state index >= 15 is 0 Å². The van der Waals surface area contributed by atoms with Crippen molar-refractivity contribution in [3.05, 3.63) is 107 Å². The lowest BCUT2D eigenvalue weighted by Gasteiger charge is -2.26. The van der Waals surface area contributed by atoms with Crippen molar-refractivity contribution in [1.29, 1.82) is 0 Å². The summed E-state index contributed by atoms with van der Waals surface area (Å²) in [7, 11) is 0. The Morgan fingerprint density at radius 3 is 1.85 bits per heavy atom. The molecule has 1 atom stereocenters. The first kappa shape index (κ1) is 18.3. The molecule has 0 aromatic heterocycles. The normalized spacial score (nSPS) is 11.8. The third-order valence-corrected chi connectivity index (χ3v) is 4.29. The summed E-state index contributed by atoms with van der Waals surface area (Å²) in [6, 6.07) is 22.2. The summed E-state index contributed by atoms with van der Waals surface area (Å²) in [4.78, 5) is 24.6. The third-order valence-electron chi connectivity index (χ3n) is 4.29. The molecular formula is C22H18FNO3. The number of carboxylic acid groups (broad SMARTS) is 1. The molecule has 0 heterocycles. The predicted octanol–water partition coefficient (Wildman–Crippen LogP) is 3.84. The molecule has 1 amide bonds. The highest BCUT2D eigenvalue weighted by atomic mass is 19.1. The maximum atomic E-state index is 13.4. The van der Waals surface area contributed by atoms with Crippen molar-refractivity contribution in [3.63, 3.8) is 0 Å². The summed E-state index contributed by atoms with van der Waals surface area (Å²) in [5.41, 5.74) is 1.59. The number of amides is 1. The maximum absolute atomic E-state index is 13.4. The van der Waals surface area contributed by atoms with E-state index in [1.165, 1.54) is 18.2 Å². The van der Waals surface area contributed by atoms with Crippen molar-refractivity contribution in [2.75, 3.05) is 0 Å². The van der Waals surface area contributed by atoms with Crippen LogP contribution >= 0.6 is 0 Å². The molecule has 3 aromatic rings. The van der Waals surface area contributed by atoms with Gasteiger partial charge in [-0.15, -0.1) is 0 Å². The van der Waals surface area contributed by atoms with Crippen LogP contribution in [0.15, 0.2) is 84.9 Å². The summed E-state index contributed by atoms with van der Waals surface area (Å²) in [5.74, 6) is -2.96. The largest absolute Gasteiger partial charge is 0.480 e. The van der Waals surface area contributed by atoms with Crippen LogP contribution in [-0.4, -0.2) is 23.0 Å². The molecule has 0 spiro atoms. The number of carbonyl (C=O) groups is 2. The molecule has 0 radical (unpaired) electrons. The molecule has 0 fully saturated rings. The van der Waals surface area contributed by atoms with Crippen LogP contribution < -0.4 is 5.32 Å². The van der Waals surface area contributed by atoms with E-state index in [-0.39, 0.29) is 5.56 Å². The molecule has 3 rings (SSSR count). The highest BCUT2D eigenvalue weighted by Crippen LogP contribution is 2.28. The minimum absolute atomic E-state index is 0.0705. The molecule has 0 aliphatic carbocycles. The van der Waals surface area contributed by atoms with Gasteiger partial charge in [0.1, 0.15) is 11.9 Å². The van der Waals surface area contributed by atoms with Gasteiger partial charge in [-0.2, -0.15) is 0 Å². The first-order chi connectivity index (χ1) is 13.1. The highest BCUT2D eigenvalue weighted by molar-refractivity contribution is 5.97. The number of hydrogen-bond acceptors (Lipinski definition) is 2. The van der Waals surface area contributed by atoms with E-state index in [0.29, 0.717) is 0 Å². The minimum atomic E-state index is -1.22. The minimum Gasteiger partial charge on any atom is -0.480 e. The second kappa shape index (κ2) is 8.27. The fraction of sp³-hybridized carbons (Fsp3) is 0.0909. The summed E-state index contributed by atoms with van der Waals surface area (Å²) >= 11 is 0. The van der Waals surface area contributed by atoms with Gasteiger partial charge >= 0.3 is 5.97 Å². The molecular weight excluding hydrogens is 345 g/mol. The molecule has 0 aliphatic rings. The second-order valence-electron chi connectivity index (χ2n) is 6.10. The number of nitrogens with one attached hydrogen (secondary N) is 1. The van der Waals surface area contributed by atoms with Gasteiger partial charge in [0.15, 0.2) is 0 Å². The molecule has 3 aromatic carbocycles. The van der Waals surface area contributed by atoms with Crippen molar-refractivity contribution in [1.82, 2.24) is 5.32 Å². The first-order valence-electron chi connectivity index (χ1n) is 8.45. The molecule has 136 valence electrons. The highest BCUT2D eigenvalue weighted by Gasteiger charge is 2.32. The monoisotopic (exact) mass is 363 g/mol. The Morgan fingerprint density at radius 2 is 1.37 bits per heavy atom. The Kier molecular flexibility index (Phi) is 5.61. The van der Waals surface area contributed by atoms with Crippen LogP contribution in [0.1, 0.15) is 27.4 Å². The van der Waals surface area contributed by atoms with Crippen LogP contribution in [-0.2, 0) is 4.79 Å². The quantitative estimate of drug-likeness (QED) is 0.699. The standard InChI is InChI=1S/C22H18FNO3/c23-18-13-7-12-17(14-18)21(25)24-20(22(26)27)19(15-8-3-1-4-9-15)16-10-5-2-6-11-16/h1-14,19-20H,(H,24,25)(H,26,27)/t20-/m1/s1. The number of carbonyl (C=O) groups excluding carboxylic acids is 1. The van der Waals surface area contributed by atoms with Gasteiger partial charge < -0.3 is 10.4 Å². The Labute approximate surface area is 156 Å². The van der Waals surface area contributed by atoms with Gasteiger partial charge in [0.25, 0.3) is 5.91 Å². The Hall–Kier alpha value is -3.47. The number of rotatable bonds is 6. The average molecular weight is 363 g/mol. The summed E-state index contributed by atoms with van der Waals surface area (Å²) < 4.78 is 13.4. The molecule has 0 saturated carbocycles. The SMILES string of the molecule is O=C(N[C@@H](C(=O)O)C(c1ccccc1)c1ccccc1)c1cccc(F)c1. The van der Waals surface area contributed by atoms with Gasteiger partial charge in [0.05, 0.1) is 0 Å². The van der Waals surface area contributed by atoms with Crippen LogP contribution in [0.2, 0.25) is 0 Å². The Bertz CT molecular complexity index is 889. The van der Waals surface area contributed by atoms with Gasteiger partial charge in [0.2, 0.25) is 0 Å². The van der Waals surface area contributed by atoms with E-state index in [0.717, 1.165) is 17.2 Å². The van der Waals surface area contributed by atoms with Crippen LogP contribution in [0.4, 0.5) is 4.39 Å². The smallest absolute Gasteiger partial charge is 0.327 e. The molecule has 0 bridgehead atoms. The zero-order chi connectivity index (χ0) is 19.2. The van der Waals surface area contributed by atoms with Crippen molar-refractivity contribution in [2.24, 2.45) is 0 Å².